The van der Waals surface area contributed by atoms with E-state index in [1.54, 1.807) is 35.4 Å². The number of hydrogen-bond donors (Lipinski definition) is 1. The Balaban J connectivity index is 1.44. The lowest BCUT2D eigenvalue weighted by Crippen LogP contribution is -2.21. The zero-order chi connectivity index (χ0) is 21.9. The van der Waals surface area contributed by atoms with Crippen molar-refractivity contribution in [3.05, 3.63) is 58.5 Å². The van der Waals surface area contributed by atoms with Gasteiger partial charge < -0.3 is 9.88 Å². The first-order valence-corrected chi connectivity index (χ1v) is 10.5. The number of aromatic nitrogens is 6. The number of aryl methyl sites for hydroxylation is 1. The number of fused-ring (bicyclic) bond motifs is 3. The van der Waals surface area contributed by atoms with E-state index in [1.165, 1.54) is 0 Å². The minimum Gasteiger partial charge on any atom is -0.340 e. The Bertz CT molecular complexity index is 1340. The van der Waals surface area contributed by atoms with Gasteiger partial charge in [-0.15, -0.1) is 0 Å². The van der Waals surface area contributed by atoms with Crippen LogP contribution in [-0.2, 0) is 17.3 Å². The van der Waals surface area contributed by atoms with Crippen molar-refractivity contribution in [2.75, 3.05) is 5.32 Å². The first-order valence-electron chi connectivity index (χ1n) is 9.72. The Hall–Kier alpha value is -2.97. The van der Waals surface area contributed by atoms with Crippen LogP contribution in [0.1, 0.15) is 37.4 Å². The highest BCUT2D eigenvalue weighted by Crippen LogP contribution is 2.46. The van der Waals surface area contributed by atoms with Gasteiger partial charge in [0.1, 0.15) is 11.4 Å². The molecule has 5 rings (SSSR count). The van der Waals surface area contributed by atoms with Crippen LogP contribution in [0, 0.1) is 0 Å². The number of carbonyl (C=O) groups excluding carboxylic acids is 1. The fourth-order valence-electron chi connectivity index (χ4n) is 4.26. The summed E-state index contributed by atoms with van der Waals surface area (Å²) in [5.41, 5.74) is 3.95. The van der Waals surface area contributed by atoms with Crippen LogP contribution in [0.4, 0.5) is 5.69 Å². The Kier molecular flexibility index (Phi) is 4.53. The second kappa shape index (κ2) is 7.03. The molecule has 0 saturated carbocycles. The van der Waals surface area contributed by atoms with Crippen LogP contribution in [0.25, 0.3) is 17.0 Å². The van der Waals surface area contributed by atoms with Crippen LogP contribution in [0.3, 0.4) is 0 Å². The molecule has 1 N–H and O–H groups in total. The third-order valence-corrected chi connectivity index (χ3v) is 6.06. The molecule has 31 heavy (non-hydrogen) atoms. The van der Waals surface area contributed by atoms with Crippen molar-refractivity contribution >= 4 is 40.4 Å². The minimum atomic E-state index is -0.376. The van der Waals surface area contributed by atoms with Gasteiger partial charge in [-0.25, -0.2) is 14.5 Å². The van der Waals surface area contributed by atoms with Crippen molar-refractivity contribution in [3.8, 4) is 11.4 Å². The van der Waals surface area contributed by atoms with E-state index in [0.29, 0.717) is 39.3 Å². The monoisotopic (exact) mass is 455 g/mol. The van der Waals surface area contributed by atoms with Crippen LogP contribution in [-0.4, -0.2) is 35.0 Å². The lowest BCUT2D eigenvalue weighted by molar-refractivity contribution is -0.117. The average molecular weight is 456 g/mol. The Morgan fingerprint density at radius 1 is 1.19 bits per heavy atom. The van der Waals surface area contributed by atoms with Gasteiger partial charge in [-0.1, -0.05) is 37.0 Å². The number of pyridine rings is 1. The molecule has 0 aromatic carbocycles. The van der Waals surface area contributed by atoms with Crippen molar-refractivity contribution in [2.24, 2.45) is 7.05 Å². The smallest absolute Gasteiger partial charge is 0.232 e. The number of nitrogens with one attached hydrogen (secondary N) is 1. The van der Waals surface area contributed by atoms with Crippen molar-refractivity contribution in [1.82, 2.24) is 29.1 Å². The molecule has 0 spiro atoms. The fraction of sp³-hybridized carbons (Fsp3) is 0.286. The molecule has 0 saturated heterocycles. The average Bonchev–Trinajstić information content (AvgIpc) is 3.36. The summed E-state index contributed by atoms with van der Waals surface area (Å²) in [6.07, 6.45) is 7.47. The van der Waals surface area contributed by atoms with E-state index in [9.17, 15) is 4.79 Å². The van der Waals surface area contributed by atoms with Gasteiger partial charge in [-0.05, 0) is 12.5 Å². The quantitative estimate of drug-likeness (QED) is 0.498. The zero-order valence-electron chi connectivity index (χ0n) is 17.1. The van der Waals surface area contributed by atoms with Crippen molar-refractivity contribution in [3.63, 3.8) is 0 Å². The van der Waals surface area contributed by atoms with E-state index in [4.69, 9.17) is 23.2 Å². The van der Waals surface area contributed by atoms with Crippen LogP contribution in [0.2, 0.25) is 10.2 Å². The molecule has 8 nitrogen and oxygen atoms in total. The summed E-state index contributed by atoms with van der Waals surface area (Å²) in [5.74, 6) is -0.520. The molecule has 0 aliphatic heterocycles. The number of anilines is 1. The number of imidazole rings is 1. The highest BCUT2D eigenvalue weighted by atomic mass is 35.5. The molecule has 158 valence electrons. The summed E-state index contributed by atoms with van der Waals surface area (Å²) < 4.78 is 3.56. The van der Waals surface area contributed by atoms with Crippen molar-refractivity contribution in [2.45, 2.75) is 31.6 Å². The highest BCUT2D eigenvalue weighted by Gasteiger charge is 2.43. The molecule has 4 heterocycles. The second-order valence-corrected chi connectivity index (χ2v) is 9.20. The molecule has 4 aromatic heterocycles. The molecule has 4 aromatic rings. The van der Waals surface area contributed by atoms with Gasteiger partial charge in [0, 0.05) is 36.5 Å². The molecule has 1 atom stereocenters. The van der Waals surface area contributed by atoms with E-state index in [2.05, 4.69) is 39.2 Å². The van der Waals surface area contributed by atoms with Gasteiger partial charge in [-0.3, -0.25) is 9.78 Å². The third-order valence-electron chi connectivity index (χ3n) is 5.59. The minimum absolute atomic E-state index is 0.144. The molecular weight excluding hydrogens is 437 g/mol. The topological polar surface area (TPSA) is 90.0 Å². The highest BCUT2D eigenvalue weighted by molar-refractivity contribution is 6.33. The van der Waals surface area contributed by atoms with E-state index >= 15 is 0 Å². The molecule has 1 amide bonds. The van der Waals surface area contributed by atoms with Crippen LogP contribution in [0.5, 0.6) is 0 Å². The third kappa shape index (κ3) is 3.36. The standard InChI is InChI=1S/C21H19Cl2N7O/c1-21(2)6-12(13-8-24-17-5-16(23)28-30(17)19(13)21)20(31)27-11-4-14(22)18(25-7-11)15-9-29(3)10-26-15/h4-5,7-10,12H,6H2,1-3H3,(H,27,31). The molecule has 1 aliphatic rings. The molecule has 1 unspecified atom stereocenters. The summed E-state index contributed by atoms with van der Waals surface area (Å²) in [5, 5.41) is 8.10. The summed E-state index contributed by atoms with van der Waals surface area (Å²) in [4.78, 5) is 26.3. The van der Waals surface area contributed by atoms with E-state index < -0.39 is 0 Å². The van der Waals surface area contributed by atoms with Gasteiger partial charge >= 0.3 is 0 Å². The van der Waals surface area contributed by atoms with Crippen LogP contribution < -0.4 is 5.32 Å². The molecule has 0 fully saturated rings. The van der Waals surface area contributed by atoms with Gasteiger partial charge in [0.2, 0.25) is 5.91 Å². The van der Waals surface area contributed by atoms with Gasteiger partial charge in [0.15, 0.2) is 10.8 Å². The SMILES string of the molecule is Cn1cnc(-c2ncc(NC(=O)C3CC(C)(C)c4c3cnc3cc(Cl)nn43)cc2Cl)c1. The molecular formula is C21H19Cl2N7O. The van der Waals surface area contributed by atoms with E-state index in [0.717, 1.165) is 11.3 Å². The number of amides is 1. The number of hydrogen-bond acceptors (Lipinski definition) is 5. The van der Waals surface area contributed by atoms with Gasteiger partial charge in [0.05, 0.1) is 34.8 Å². The predicted molar refractivity (Wildman–Crippen MR) is 118 cm³/mol. The summed E-state index contributed by atoms with van der Waals surface area (Å²) in [7, 11) is 1.87. The molecule has 10 heteroatoms. The van der Waals surface area contributed by atoms with Gasteiger partial charge in [0.25, 0.3) is 0 Å². The number of halogens is 2. The lowest BCUT2D eigenvalue weighted by atomic mass is 9.88. The van der Waals surface area contributed by atoms with E-state index in [-0.39, 0.29) is 17.2 Å². The van der Waals surface area contributed by atoms with Crippen molar-refractivity contribution < 1.29 is 4.79 Å². The molecule has 0 bridgehead atoms. The first-order chi connectivity index (χ1) is 14.7. The Labute approximate surface area is 188 Å². The maximum Gasteiger partial charge on any atom is 0.232 e. The van der Waals surface area contributed by atoms with Crippen molar-refractivity contribution in [1.29, 1.82) is 0 Å². The maximum atomic E-state index is 13.2. The van der Waals surface area contributed by atoms with Crippen LogP contribution in [0.15, 0.2) is 37.1 Å². The van der Waals surface area contributed by atoms with Crippen LogP contribution >= 0.6 is 23.2 Å². The number of rotatable bonds is 3. The Morgan fingerprint density at radius 2 is 2.00 bits per heavy atom. The van der Waals surface area contributed by atoms with E-state index in [1.807, 2.05) is 17.8 Å². The number of carbonyl (C=O) groups is 1. The maximum absolute atomic E-state index is 13.2. The zero-order valence-corrected chi connectivity index (χ0v) is 18.6. The largest absolute Gasteiger partial charge is 0.340 e. The number of nitrogens with zero attached hydrogens (tertiary/aromatic N) is 6. The Morgan fingerprint density at radius 3 is 2.71 bits per heavy atom. The fourth-order valence-corrected chi connectivity index (χ4v) is 4.70. The summed E-state index contributed by atoms with van der Waals surface area (Å²) >= 11 is 12.5. The normalized spacial score (nSPS) is 17.1. The molecule has 0 radical (unpaired) electrons. The summed E-state index contributed by atoms with van der Waals surface area (Å²) in [6.45, 7) is 4.18. The summed E-state index contributed by atoms with van der Waals surface area (Å²) in [6, 6.07) is 3.40. The molecule has 1 aliphatic carbocycles. The van der Waals surface area contributed by atoms with Gasteiger partial charge in [-0.2, -0.15) is 5.10 Å². The second-order valence-electron chi connectivity index (χ2n) is 8.41. The lowest BCUT2D eigenvalue weighted by Gasteiger charge is -2.19. The first kappa shape index (κ1) is 20.0. The predicted octanol–water partition coefficient (Wildman–Crippen LogP) is 4.24.